The standard InChI is InChI=1S/C16H13BrN2O2/c1-2-15-18-12-8-7-10(16(20)21)9-14(12)19(15)13-6-4-3-5-11(13)17/h3-9H,2H2,1H3,(H,20,21). The van der Waals surface area contributed by atoms with E-state index in [9.17, 15) is 9.90 Å². The lowest BCUT2D eigenvalue weighted by Gasteiger charge is -2.10. The van der Waals surface area contributed by atoms with Gasteiger partial charge in [-0.15, -0.1) is 0 Å². The monoisotopic (exact) mass is 344 g/mol. The van der Waals surface area contributed by atoms with Gasteiger partial charge in [0.2, 0.25) is 0 Å². The van der Waals surface area contributed by atoms with Gasteiger partial charge in [-0.3, -0.25) is 4.57 Å². The summed E-state index contributed by atoms with van der Waals surface area (Å²) in [5, 5.41) is 9.19. The van der Waals surface area contributed by atoms with Crippen molar-refractivity contribution in [3.8, 4) is 5.69 Å². The molecule has 0 atom stereocenters. The molecular weight excluding hydrogens is 332 g/mol. The van der Waals surface area contributed by atoms with Crippen LogP contribution in [-0.2, 0) is 6.42 Å². The van der Waals surface area contributed by atoms with Gasteiger partial charge < -0.3 is 5.11 Å². The number of imidazole rings is 1. The highest BCUT2D eigenvalue weighted by atomic mass is 79.9. The van der Waals surface area contributed by atoms with Crippen LogP contribution < -0.4 is 0 Å². The largest absolute Gasteiger partial charge is 0.478 e. The fourth-order valence-corrected chi connectivity index (χ4v) is 2.86. The average Bonchev–Trinajstić information content (AvgIpc) is 2.85. The van der Waals surface area contributed by atoms with E-state index in [0.29, 0.717) is 0 Å². The van der Waals surface area contributed by atoms with Gasteiger partial charge in [-0.25, -0.2) is 9.78 Å². The van der Waals surface area contributed by atoms with Crippen molar-refractivity contribution in [3.05, 3.63) is 58.3 Å². The Morgan fingerprint density at radius 3 is 2.71 bits per heavy atom. The Bertz CT molecular complexity index is 839. The van der Waals surface area contributed by atoms with Crippen LogP contribution >= 0.6 is 15.9 Å². The smallest absolute Gasteiger partial charge is 0.335 e. The van der Waals surface area contributed by atoms with Gasteiger partial charge in [0.05, 0.1) is 22.3 Å². The molecule has 0 unspecified atom stereocenters. The van der Waals surface area contributed by atoms with Crippen molar-refractivity contribution in [1.29, 1.82) is 0 Å². The molecule has 0 spiro atoms. The lowest BCUT2D eigenvalue weighted by atomic mass is 10.2. The van der Waals surface area contributed by atoms with Crippen molar-refractivity contribution >= 4 is 32.9 Å². The normalized spacial score (nSPS) is 11.0. The highest BCUT2D eigenvalue weighted by Gasteiger charge is 2.15. The van der Waals surface area contributed by atoms with Crippen molar-refractivity contribution in [2.24, 2.45) is 0 Å². The third-order valence-corrected chi connectivity index (χ3v) is 4.05. The maximum atomic E-state index is 11.2. The van der Waals surface area contributed by atoms with Crippen LogP contribution in [0, 0.1) is 0 Å². The van der Waals surface area contributed by atoms with Crippen molar-refractivity contribution in [2.75, 3.05) is 0 Å². The summed E-state index contributed by atoms with van der Waals surface area (Å²) in [5.74, 6) is -0.0331. The number of aromatic nitrogens is 2. The summed E-state index contributed by atoms with van der Waals surface area (Å²) in [6.45, 7) is 2.03. The zero-order valence-electron chi connectivity index (χ0n) is 11.4. The second-order valence-electron chi connectivity index (χ2n) is 4.68. The summed E-state index contributed by atoms with van der Waals surface area (Å²) in [6.07, 6.45) is 0.762. The molecule has 1 aromatic heterocycles. The number of aromatic carboxylic acids is 1. The van der Waals surface area contributed by atoms with E-state index in [2.05, 4.69) is 20.9 Å². The Hall–Kier alpha value is -2.14. The lowest BCUT2D eigenvalue weighted by molar-refractivity contribution is 0.0697. The maximum Gasteiger partial charge on any atom is 0.335 e. The minimum Gasteiger partial charge on any atom is -0.478 e. The molecule has 4 nitrogen and oxygen atoms in total. The average molecular weight is 345 g/mol. The number of hydrogen-bond acceptors (Lipinski definition) is 2. The number of carboxylic acid groups (broad SMARTS) is 1. The van der Waals surface area contributed by atoms with Gasteiger partial charge >= 0.3 is 5.97 Å². The molecule has 0 saturated heterocycles. The Kier molecular flexibility index (Phi) is 3.51. The summed E-state index contributed by atoms with van der Waals surface area (Å²) in [7, 11) is 0. The molecule has 0 aliphatic carbocycles. The van der Waals surface area contributed by atoms with Crippen LogP contribution in [0.5, 0.6) is 0 Å². The van der Waals surface area contributed by atoms with Gasteiger partial charge in [0.1, 0.15) is 5.82 Å². The van der Waals surface area contributed by atoms with E-state index < -0.39 is 5.97 Å². The Morgan fingerprint density at radius 1 is 1.29 bits per heavy atom. The molecule has 0 aliphatic rings. The van der Waals surface area contributed by atoms with Crippen LogP contribution in [0.2, 0.25) is 0 Å². The minimum absolute atomic E-state index is 0.262. The van der Waals surface area contributed by atoms with Crippen molar-refractivity contribution in [2.45, 2.75) is 13.3 Å². The minimum atomic E-state index is -0.935. The zero-order chi connectivity index (χ0) is 15.0. The molecule has 106 valence electrons. The van der Waals surface area contributed by atoms with Gasteiger partial charge in [-0.2, -0.15) is 0 Å². The maximum absolute atomic E-state index is 11.2. The van der Waals surface area contributed by atoms with Crippen LogP contribution in [0.3, 0.4) is 0 Å². The number of nitrogens with zero attached hydrogens (tertiary/aromatic N) is 2. The molecule has 3 aromatic rings. The number of halogens is 1. The second kappa shape index (κ2) is 5.33. The molecule has 3 rings (SSSR count). The first-order valence-corrected chi connectivity index (χ1v) is 7.40. The second-order valence-corrected chi connectivity index (χ2v) is 5.53. The predicted octanol–water partition coefficient (Wildman–Crippen LogP) is 4.05. The summed E-state index contributed by atoms with van der Waals surface area (Å²) in [5.41, 5.74) is 2.82. The quantitative estimate of drug-likeness (QED) is 0.779. The Balaban J connectivity index is 2.36. The van der Waals surface area contributed by atoms with Crippen LogP contribution in [-0.4, -0.2) is 20.6 Å². The number of carboxylic acids is 1. The van der Waals surface area contributed by atoms with E-state index in [-0.39, 0.29) is 5.56 Å². The van der Waals surface area contributed by atoms with Crippen molar-refractivity contribution < 1.29 is 9.90 Å². The summed E-state index contributed by atoms with van der Waals surface area (Å²) in [6, 6.07) is 12.9. The van der Waals surface area contributed by atoms with E-state index in [1.807, 2.05) is 35.8 Å². The molecular formula is C16H13BrN2O2. The molecule has 0 aliphatic heterocycles. The molecule has 0 fully saturated rings. The fourth-order valence-electron chi connectivity index (χ4n) is 2.40. The van der Waals surface area contributed by atoms with Gasteiger partial charge in [0.25, 0.3) is 0 Å². The number of benzene rings is 2. The van der Waals surface area contributed by atoms with Crippen LogP contribution in [0.1, 0.15) is 23.1 Å². The third kappa shape index (κ3) is 2.34. The van der Waals surface area contributed by atoms with Crippen LogP contribution in [0.25, 0.3) is 16.7 Å². The van der Waals surface area contributed by atoms with Crippen LogP contribution in [0.15, 0.2) is 46.9 Å². The number of carbonyl (C=O) groups is 1. The Morgan fingerprint density at radius 2 is 2.05 bits per heavy atom. The van der Waals surface area contributed by atoms with Crippen molar-refractivity contribution in [1.82, 2.24) is 9.55 Å². The predicted molar refractivity (Wildman–Crippen MR) is 85.1 cm³/mol. The first-order valence-electron chi connectivity index (χ1n) is 6.61. The number of aryl methyl sites for hydroxylation is 1. The molecule has 1 heterocycles. The molecule has 0 amide bonds. The number of rotatable bonds is 3. The fraction of sp³-hybridized carbons (Fsp3) is 0.125. The van der Waals surface area contributed by atoms with E-state index in [4.69, 9.17) is 0 Å². The molecule has 1 N–H and O–H groups in total. The zero-order valence-corrected chi connectivity index (χ0v) is 13.0. The van der Waals surface area contributed by atoms with E-state index in [1.165, 1.54) is 0 Å². The summed E-state index contributed by atoms with van der Waals surface area (Å²) >= 11 is 3.55. The number of hydrogen-bond donors (Lipinski definition) is 1. The van der Waals surface area contributed by atoms with Gasteiger partial charge in [0.15, 0.2) is 0 Å². The van der Waals surface area contributed by atoms with Gasteiger partial charge in [-0.1, -0.05) is 19.1 Å². The molecule has 0 saturated carbocycles. The van der Waals surface area contributed by atoms with Crippen molar-refractivity contribution in [3.63, 3.8) is 0 Å². The molecule has 21 heavy (non-hydrogen) atoms. The topological polar surface area (TPSA) is 55.1 Å². The number of para-hydroxylation sites is 1. The van der Waals surface area contributed by atoms with E-state index in [0.717, 1.165) is 33.4 Å². The highest BCUT2D eigenvalue weighted by Crippen LogP contribution is 2.28. The Labute approximate surface area is 130 Å². The third-order valence-electron chi connectivity index (χ3n) is 3.38. The lowest BCUT2D eigenvalue weighted by Crippen LogP contribution is -2.02. The summed E-state index contributed by atoms with van der Waals surface area (Å²) < 4.78 is 2.95. The molecule has 0 radical (unpaired) electrons. The highest BCUT2D eigenvalue weighted by molar-refractivity contribution is 9.10. The summed E-state index contributed by atoms with van der Waals surface area (Å²) in [4.78, 5) is 15.8. The number of fused-ring (bicyclic) bond motifs is 1. The van der Waals surface area contributed by atoms with Crippen LogP contribution in [0.4, 0.5) is 0 Å². The SMILES string of the molecule is CCc1nc2ccc(C(=O)O)cc2n1-c1ccccc1Br. The molecule has 5 heteroatoms. The first-order chi connectivity index (χ1) is 10.1. The van der Waals surface area contributed by atoms with E-state index in [1.54, 1.807) is 18.2 Å². The molecule has 2 aromatic carbocycles. The van der Waals surface area contributed by atoms with Gasteiger partial charge in [0, 0.05) is 10.9 Å². The first kappa shape index (κ1) is 13.8. The molecule has 0 bridgehead atoms. The van der Waals surface area contributed by atoms with E-state index >= 15 is 0 Å². The van der Waals surface area contributed by atoms with Gasteiger partial charge in [-0.05, 0) is 46.3 Å².